The van der Waals surface area contributed by atoms with E-state index < -0.39 is 5.60 Å². The minimum absolute atomic E-state index is 0.0630. The van der Waals surface area contributed by atoms with Crippen molar-refractivity contribution in [2.24, 2.45) is 7.05 Å². The summed E-state index contributed by atoms with van der Waals surface area (Å²) in [5.41, 5.74) is 1.33. The van der Waals surface area contributed by atoms with E-state index in [2.05, 4.69) is 15.7 Å². The summed E-state index contributed by atoms with van der Waals surface area (Å²) in [6, 6.07) is 4.19. The number of urea groups is 1. The van der Waals surface area contributed by atoms with Gasteiger partial charge in [0.25, 0.3) is 0 Å². The van der Waals surface area contributed by atoms with Gasteiger partial charge in [-0.3, -0.25) is 4.68 Å². The summed E-state index contributed by atoms with van der Waals surface area (Å²) < 4.78 is 15.0. The number of nitrogens with one attached hydrogen (secondary N) is 2. The van der Waals surface area contributed by atoms with Crippen LogP contribution < -0.4 is 10.6 Å². The number of aromatic nitrogens is 2. The van der Waals surface area contributed by atoms with E-state index in [1.807, 2.05) is 0 Å². The highest BCUT2D eigenvalue weighted by Crippen LogP contribution is 2.30. The molecule has 1 aromatic heterocycles. The number of benzene rings is 1. The van der Waals surface area contributed by atoms with E-state index >= 15 is 0 Å². The molecule has 0 saturated carbocycles. The van der Waals surface area contributed by atoms with Crippen molar-refractivity contribution < 1.29 is 14.3 Å². The van der Waals surface area contributed by atoms with Gasteiger partial charge in [-0.2, -0.15) is 5.10 Å². The van der Waals surface area contributed by atoms with Gasteiger partial charge in [0.05, 0.1) is 18.8 Å². The van der Waals surface area contributed by atoms with Crippen LogP contribution in [0.2, 0.25) is 0 Å². The third-order valence-electron chi connectivity index (χ3n) is 4.64. The molecule has 2 aromatic rings. The van der Waals surface area contributed by atoms with Crippen LogP contribution in [-0.4, -0.2) is 27.5 Å². The van der Waals surface area contributed by atoms with Crippen molar-refractivity contribution in [1.29, 1.82) is 0 Å². The van der Waals surface area contributed by atoms with Crippen molar-refractivity contribution in [3.63, 3.8) is 0 Å². The van der Waals surface area contributed by atoms with Gasteiger partial charge in [0.2, 0.25) is 0 Å². The van der Waals surface area contributed by atoms with Gasteiger partial charge in [0.15, 0.2) is 0 Å². The van der Waals surface area contributed by atoms with Gasteiger partial charge in [0.1, 0.15) is 11.4 Å². The molecule has 7 heteroatoms. The average molecular weight is 346 g/mol. The quantitative estimate of drug-likeness (QED) is 0.794. The molecule has 0 saturated heterocycles. The molecule has 0 fully saturated rings. The SMILES string of the molecule is Cn1cc(C(C)(O)CNC(=O)NC2CCCc3cc(F)ccc32)cn1. The number of aryl methyl sites for hydroxylation is 2. The molecule has 25 heavy (non-hydrogen) atoms. The van der Waals surface area contributed by atoms with E-state index in [0.29, 0.717) is 5.56 Å². The van der Waals surface area contributed by atoms with E-state index in [1.165, 1.54) is 12.1 Å². The van der Waals surface area contributed by atoms with Crippen molar-refractivity contribution in [3.8, 4) is 0 Å². The summed E-state index contributed by atoms with van der Waals surface area (Å²) in [7, 11) is 1.77. The molecule has 0 radical (unpaired) electrons. The van der Waals surface area contributed by atoms with E-state index in [-0.39, 0.29) is 24.4 Å². The lowest BCUT2D eigenvalue weighted by Gasteiger charge is -2.28. The highest BCUT2D eigenvalue weighted by molar-refractivity contribution is 5.74. The molecule has 134 valence electrons. The van der Waals surface area contributed by atoms with E-state index in [0.717, 1.165) is 30.4 Å². The van der Waals surface area contributed by atoms with Crippen molar-refractivity contribution >= 4 is 6.03 Å². The standard InChI is InChI=1S/C18H23FN4O2/c1-18(25,13-9-21-23(2)10-13)11-20-17(24)22-16-5-3-4-12-8-14(19)6-7-15(12)16/h6-10,16,25H,3-5,11H2,1-2H3,(H2,20,22,24). The zero-order valence-corrected chi connectivity index (χ0v) is 14.4. The lowest BCUT2D eigenvalue weighted by atomic mass is 9.87. The van der Waals surface area contributed by atoms with Crippen molar-refractivity contribution in [2.75, 3.05) is 6.54 Å². The van der Waals surface area contributed by atoms with Gasteiger partial charge in [0, 0.05) is 18.8 Å². The molecule has 2 unspecified atom stereocenters. The molecule has 3 N–H and O–H groups in total. The second-order valence-electron chi connectivity index (χ2n) is 6.79. The highest BCUT2D eigenvalue weighted by Gasteiger charge is 2.27. The van der Waals surface area contributed by atoms with Crippen molar-refractivity contribution in [2.45, 2.75) is 37.8 Å². The van der Waals surface area contributed by atoms with E-state index in [4.69, 9.17) is 0 Å². The number of nitrogens with zero attached hydrogens (tertiary/aromatic N) is 2. The van der Waals surface area contributed by atoms with Gasteiger partial charge >= 0.3 is 6.03 Å². The molecule has 1 heterocycles. The van der Waals surface area contributed by atoms with Gasteiger partial charge in [-0.1, -0.05) is 6.07 Å². The zero-order chi connectivity index (χ0) is 18.0. The molecule has 0 bridgehead atoms. The van der Waals surface area contributed by atoms with Crippen LogP contribution in [0.3, 0.4) is 0 Å². The first-order chi connectivity index (χ1) is 11.8. The number of carbonyl (C=O) groups is 1. The van der Waals surface area contributed by atoms with E-state index in [9.17, 15) is 14.3 Å². The maximum absolute atomic E-state index is 13.4. The molecule has 3 rings (SSSR count). The van der Waals surface area contributed by atoms with Gasteiger partial charge in [-0.05, 0) is 49.4 Å². The smallest absolute Gasteiger partial charge is 0.315 e. The van der Waals surface area contributed by atoms with Crippen LogP contribution in [0.25, 0.3) is 0 Å². The van der Waals surface area contributed by atoms with Crippen LogP contribution in [-0.2, 0) is 19.1 Å². The minimum atomic E-state index is -1.21. The number of halogens is 1. The van der Waals surface area contributed by atoms with Gasteiger partial charge in [-0.15, -0.1) is 0 Å². The number of hydrogen-bond donors (Lipinski definition) is 3. The first-order valence-electron chi connectivity index (χ1n) is 8.39. The molecule has 2 atom stereocenters. The lowest BCUT2D eigenvalue weighted by Crippen LogP contribution is -2.45. The second kappa shape index (κ2) is 6.84. The predicted octanol–water partition coefficient (Wildman–Crippen LogP) is 2.14. The van der Waals surface area contributed by atoms with Crippen LogP contribution in [0.15, 0.2) is 30.6 Å². The topological polar surface area (TPSA) is 79.2 Å². The third-order valence-corrected chi connectivity index (χ3v) is 4.64. The normalized spacial score (nSPS) is 19.0. The van der Waals surface area contributed by atoms with Crippen LogP contribution in [0, 0.1) is 5.82 Å². The first kappa shape index (κ1) is 17.4. The fourth-order valence-corrected chi connectivity index (χ4v) is 3.20. The minimum Gasteiger partial charge on any atom is -0.383 e. The summed E-state index contributed by atoms with van der Waals surface area (Å²) in [5, 5.41) is 20.2. The Balaban J connectivity index is 1.60. The Morgan fingerprint density at radius 2 is 2.32 bits per heavy atom. The lowest BCUT2D eigenvalue weighted by molar-refractivity contribution is 0.0591. The summed E-state index contributed by atoms with van der Waals surface area (Å²) >= 11 is 0. The Kier molecular flexibility index (Phi) is 4.76. The third kappa shape index (κ3) is 3.99. The molecule has 1 aliphatic carbocycles. The summed E-state index contributed by atoms with van der Waals surface area (Å²) in [6.45, 7) is 1.69. The Hall–Kier alpha value is -2.41. The number of aliphatic hydroxyl groups is 1. The maximum atomic E-state index is 13.4. The van der Waals surface area contributed by atoms with Crippen LogP contribution in [0.1, 0.15) is 42.5 Å². The van der Waals surface area contributed by atoms with Gasteiger partial charge in [-0.25, -0.2) is 9.18 Å². The number of fused-ring (bicyclic) bond motifs is 1. The van der Waals surface area contributed by atoms with Crippen LogP contribution >= 0.6 is 0 Å². The average Bonchev–Trinajstić information content (AvgIpc) is 3.00. The predicted molar refractivity (Wildman–Crippen MR) is 91.4 cm³/mol. The molecule has 0 spiro atoms. The largest absolute Gasteiger partial charge is 0.383 e. The number of amides is 2. The highest BCUT2D eigenvalue weighted by atomic mass is 19.1. The fourth-order valence-electron chi connectivity index (χ4n) is 3.20. The fraction of sp³-hybridized carbons (Fsp3) is 0.444. The molecular formula is C18H23FN4O2. The van der Waals surface area contributed by atoms with Gasteiger partial charge < -0.3 is 15.7 Å². The van der Waals surface area contributed by atoms with Crippen molar-refractivity contribution in [3.05, 3.63) is 53.1 Å². The molecule has 1 aromatic carbocycles. The van der Waals surface area contributed by atoms with E-state index in [1.54, 1.807) is 37.1 Å². The summed E-state index contributed by atoms with van der Waals surface area (Å²) in [4.78, 5) is 12.2. The molecular weight excluding hydrogens is 323 g/mol. The zero-order valence-electron chi connectivity index (χ0n) is 14.4. The van der Waals surface area contributed by atoms with Crippen LogP contribution in [0.4, 0.5) is 9.18 Å². The molecule has 6 nitrogen and oxygen atoms in total. The number of hydrogen-bond acceptors (Lipinski definition) is 3. The Morgan fingerprint density at radius 1 is 1.52 bits per heavy atom. The Bertz CT molecular complexity index is 772. The number of rotatable bonds is 4. The van der Waals surface area contributed by atoms with Crippen LogP contribution in [0.5, 0.6) is 0 Å². The second-order valence-corrected chi connectivity index (χ2v) is 6.79. The maximum Gasteiger partial charge on any atom is 0.315 e. The number of carbonyl (C=O) groups excluding carboxylic acids is 1. The molecule has 2 amide bonds. The Morgan fingerprint density at radius 3 is 3.04 bits per heavy atom. The first-order valence-corrected chi connectivity index (χ1v) is 8.39. The Labute approximate surface area is 146 Å². The molecule has 0 aliphatic heterocycles. The molecule has 1 aliphatic rings. The summed E-state index contributed by atoms with van der Waals surface area (Å²) in [5.74, 6) is -0.253. The monoisotopic (exact) mass is 346 g/mol. The van der Waals surface area contributed by atoms with Crippen molar-refractivity contribution in [1.82, 2.24) is 20.4 Å². The summed E-state index contributed by atoms with van der Waals surface area (Å²) in [6.07, 6.45) is 5.82.